The number of nitro groups is 1. The van der Waals surface area contributed by atoms with Gasteiger partial charge in [-0.1, -0.05) is 12.1 Å². The van der Waals surface area contributed by atoms with Crippen LogP contribution in [0, 0.1) is 10.1 Å². The van der Waals surface area contributed by atoms with Crippen LogP contribution < -0.4 is 15.8 Å². The van der Waals surface area contributed by atoms with E-state index >= 15 is 0 Å². The number of rotatable bonds is 8. The summed E-state index contributed by atoms with van der Waals surface area (Å²) in [6.07, 6.45) is 0.593. The number of ether oxygens (including phenoxy) is 1. The average molecular weight is 343 g/mol. The van der Waals surface area contributed by atoms with Crippen molar-refractivity contribution >= 4 is 23.2 Å². The summed E-state index contributed by atoms with van der Waals surface area (Å²) >= 11 is 0. The third-order valence-corrected chi connectivity index (χ3v) is 3.32. The third-order valence-electron chi connectivity index (χ3n) is 3.32. The minimum atomic E-state index is -0.537. The Morgan fingerprint density at radius 3 is 2.44 bits per heavy atom. The van der Waals surface area contributed by atoms with Crippen LogP contribution in [0.5, 0.6) is 5.75 Å². The van der Waals surface area contributed by atoms with Crippen molar-refractivity contribution in [1.29, 1.82) is 0 Å². The topological polar surface area (TPSA) is 125 Å². The molecule has 0 radical (unpaired) electrons. The molecule has 8 heteroatoms. The third kappa shape index (κ3) is 5.31. The number of nitro benzene ring substituents is 1. The number of carbonyl (C=O) groups is 2. The molecule has 2 rings (SSSR count). The molecule has 2 aromatic rings. The van der Waals surface area contributed by atoms with Crippen LogP contribution in [0.4, 0.5) is 11.4 Å². The van der Waals surface area contributed by atoms with Gasteiger partial charge in [0.05, 0.1) is 11.5 Å². The van der Waals surface area contributed by atoms with Gasteiger partial charge in [0, 0.05) is 23.7 Å². The molecule has 2 amide bonds. The Morgan fingerprint density at radius 1 is 1.12 bits per heavy atom. The van der Waals surface area contributed by atoms with Crippen molar-refractivity contribution in [2.24, 2.45) is 5.73 Å². The fourth-order valence-electron chi connectivity index (χ4n) is 2.09. The number of nitrogens with zero attached hydrogens (tertiary/aromatic N) is 1. The number of hydrogen-bond acceptors (Lipinski definition) is 5. The molecule has 0 fully saturated rings. The summed E-state index contributed by atoms with van der Waals surface area (Å²) in [5.74, 6) is -0.585. The standard InChI is InChI=1S/C17H17N3O5/c18-17(22)12-7-9-13(10-8-12)19-16(21)6-3-11-25-15-5-2-1-4-14(15)20(23)24/h1-2,4-5,7-10H,3,6,11H2,(H2,18,22)(H,19,21). The zero-order valence-corrected chi connectivity index (χ0v) is 13.3. The normalized spacial score (nSPS) is 10.1. The summed E-state index contributed by atoms with van der Waals surface area (Å²) in [6, 6.07) is 12.3. The molecular weight excluding hydrogens is 326 g/mol. The summed E-state index contributed by atoms with van der Waals surface area (Å²) in [7, 11) is 0. The number of carbonyl (C=O) groups excluding carboxylic acids is 2. The molecule has 0 aliphatic carbocycles. The van der Waals surface area contributed by atoms with Crippen LogP contribution in [0.1, 0.15) is 23.2 Å². The van der Waals surface area contributed by atoms with Crippen LogP contribution in [0.15, 0.2) is 48.5 Å². The molecule has 130 valence electrons. The number of para-hydroxylation sites is 2. The first-order chi connectivity index (χ1) is 12.0. The second kappa shape index (κ2) is 8.44. The fourth-order valence-corrected chi connectivity index (χ4v) is 2.09. The van der Waals surface area contributed by atoms with Gasteiger partial charge in [0.2, 0.25) is 11.8 Å². The van der Waals surface area contributed by atoms with Gasteiger partial charge >= 0.3 is 5.69 Å². The van der Waals surface area contributed by atoms with Gasteiger partial charge < -0.3 is 15.8 Å². The van der Waals surface area contributed by atoms with Crippen LogP contribution in [-0.2, 0) is 4.79 Å². The highest BCUT2D eigenvalue weighted by atomic mass is 16.6. The molecule has 0 saturated carbocycles. The van der Waals surface area contributed by atoms with Crippen LogP contribution >= 0.6 is 0 Å². The molecule has 2 aromatic carbocycles. The summed E-state index contributed by atoms with van der Waals surface area (Å²) in [4.78, 5) is 33.2. The van der Waals surface area contributed by atoms with E-state index in [4.69, 9.17) is 10.5 Å². The molecule has 0 heterocycles. The van der Waals surface area contributed by atoms with Gasteiger partial charge in [-0.05, 0) is 36.8 Å². The molecule has 0 aliphatic heterocycles. The second-order valence-electron chi connectivity index (χ2n) is 5.17. The van der Waals surface area contributed by atoms with Crippen molar-refractivity contribution in [2.45, 2.75) is 12.8 Å². The molecule has 0 aromatic heterocycles. The Labute approximate surface area is 143 Å². The number of nitrogens with one attached hydrogen (secondary N) is 1. The van der Waals surface area contributed by atoms with E-state index in [0.717, 1.165) is 0 Å². The van der Waals surface area contributed by atoms with Crippen molar-refractivity contribution < 1.29 is 19.2 Å². The highest BCUT2D eigenvalue weighted by molar-refractivity contribution is 5.94. The van der Waals surface area contributed by atoms with Crippen LogP contribution in [0.25, 0.3) is 0 Å². The first-order valence-electron chi connectivity index (χ1n) is 7.53. The molecule has 0 bridgehead atoms. The Hall–Kier alpha value is -3.42. The maximum Gasteiger partial charge on any atom is 0.310 e. The quantitative estimate of drug-likeness (QED) is 0.433. The zero-order valence-electron chi connectivity index (χ0n) is 13.3. The van der Waals surface area contributed by atoms with E-state index < -0.39 is 10.8 Å². The lowest BCUT2D eigenvalue weighted by atomic mass is 10.2. The van der Waals surface area contributed by atoms with Gasteiger partial charge in [0.15, 0.2) is 5.75 Å². The first kappa shape index (κ1) is 17.9. The smallest absolute Gasteiger partial charge is 0.310 e. The van der Waals surface area contributed by atoms with Gasteiger partial charge in [-0.3, -0.25) is 19.7 Å². The van der Waals surface area contributed by atoms with Crippen LogP contribution in [0.3, 0.4) is 0 Å². The van der Waals surface area contributed by atoms with Crippen molar-refractivity contribution in [3.8, 4) is 5.75 Å². The number of nitrogens with two attached hydrogens (primary N) is 1. The van der Waals surface area contributed by atoms with Crippen molar-refractivity contribution in [2.75, 3.05) is 11.9 Å². The summed E-state index contributed by atoms with van der Waals surface area (Å²) in [5.41, 5.74) is 5.94. The Bertz CT molecular complexity index is 774. The molecule has 8 nitrogen and oxygen atoms in total. The Balaban J connectivity index is 1.77. The van der Waals surface area contributed by atoms with E-state index in [9.17, 15) is 19.7 Å². The highest BCUT2D eigenvalue weighted by Gasteiger charge is 2.13. The lowest BCUT2D eigenvalue weighted by molar-refractivity contribution is -0.385. The van der Waals surface area contributed by atoms with E-state index in [1.807, 2.05) is 0 Å². The van der Waals surface area contributed by atoms with E-state index in [1.54, 1.807) is 24.3 Å². The van der Waals surface area contributed by atoms with Crippen molar-refractivity contribution in [3.63, 3.8) is 0 Å². The largest absolute Gasteiger partial charge is 0.487 e. The minimum absolute atomic E-state index is 0.110. The lowest BCUT2D eigenvalue weighted by Gasteiger charge is -2.07. The van der Waals surface area contributed by atoms with Crippen molar-refractivity contribution in [3.05, 3.63) is 64.2 Å². The SMILES string of the molecule is NC(=O)c1ccc(NC(=O)CCCOc2ccccc2[N+](=O)[O-])cc1. The molecule has 0 spiro atoms. The van der Waals surface area contributed by atoms with Crippen molar-refractivity contribution in [1.82, 2.24) is 0 Å². The van der Waals surface area contributed by atoms with E-state index in [-0.39, 0.29) is 30.4 Å². The maximum absolute atomic E-state index is 11.9. The predicted octanol–water partition coefficient (Wildman–Crippen LogP) is 2.49. The summed E-state index contributed by atoms with van der Waals surface area (Å²) < 4.78 is 5.37. The lowest BCUT2D eigenvalue weighted by Crippen LogP contribution is -2.14. The number of primary amides is 1. The molecule has 0 aliphatic rings. The van der Waals surface area contributed by atoms with Gasteiger partial charge in [-0.25, -0.2) is 0 Å². The summed E-state index contributed by atoms with van der Waals surface area (Å²) in [5, 5.41) is 13.5. The number of benzene rings is 2. The van der Waals surface area contributed by atoms with Gasteiger partial charge in [0.25, 0.3) is 0 Å². The minimum Gasteiger partial charge on any atom is -0.487 e. The number of hydrogen-bond donors (Lipinski definition) is 2. The second-order valence-corrected chi connectivity index (χ2v) is 5.17. The Kier molecular flexibility index (Phi) is 6.05. The predicted molar refractivity (Wildman–Crippen MR) is 91.4 cm³/mol. The van der Waals surface area contributed by atoms with Gasteiger partial charge in [-0.15, -0.1) is 0 Å². The van der Waals surface area contributed by atoms with E-state index in [0.29, 0.717) is 17.7 Å². The number of anilines is 1. The highest BCUT2D eigenvalue weighted by Crippen LogP contribution is 2.25. The monoisotopic (exact) mass is 343 g/mol. The zero-order chi connectivity index (χ0) is 18.2. The Morgan fingerprint density at radius 2 is 1.80 bits per heavy atom. The molecule has 3 N–H and O–H groups in total. The van der Waals surface area contributed by atoms with Gasteiger partial charge in [-0.2, -0.15) is 0 Å². The molecule has 0 saturated heterocycles. The molecule has 25 heavy (non-hydrogen) atoms. The first-order valence-corrected chi connectivity index (χ1v) is 7.53. The van der Waals surface area contributed by atoms with E-state index in [2.05, 4.69) is 5.32 Å². The average Bonchev–Trinajstić information content (AvgIpc) is 2.59. The summed E-state index contributed by atoms with van der Waals surface area (Å²) in [6.45, 7) is 0.179. The molecule has 0 unspecified atom stereocenters. The van der Waals surface area contributed by atoms with Crippen LogP contribution in [-0.4, -0.2) is 23.3 Å². The number of amides is 2. The molecular formula is C17H17N3O5. The van der Waals surface area contributed by atoms with E-state index in [1.165, 1.54) is 24.3 Å². The molecule has 0 atom stereocenters. The maximum atomic E-state index is 11.9. The van der Waals surface area contributed by atoms with Gasteiger partial charge in [0.1, 0.15) is 0 Å². The van der Waals surface area contributed by atoms with Crippen LogP contribution in [0.2, 0.25) is 0 Å². The fraction of sp³-hybridized carbons (Fsp3) is 0.176.